The highest BCUT2D eigenvalue weighted by Gasteiger charge is 2.32. The van der Waals surface area contributed by atoms with E-state index in [0.717, 1.165) is 31.9 Å². The van der Waals surface area contributed by atoms with Crippen LogP contribution in [0, 0.1) is 11.7 Å². The third kappa shape index (κ3) is 8.37. The van der Waals surface area contributed by atoms with Crippen molar-refractivity contribution in [1.29, 1.82) is 0 Å². The summed E-state index contributed by atoms with van der Waals surface area (Å²) in [6, 6.07) is 15.8. The Hall–Kier alpha value is -4.98. The van der Waals surface area contributed by atoms with Gasteiger partial charge in [-0.1, -0.05) is 30.3 Å². The van der Waals surface area contributed by atoms with Gasteiger partial charge in [-0.3, -0.25) is 4.79 Å². The quantitative estimate of drug-likeness (QED) is 0.311. The molecular weight excluding hydrogens is 629 g/mol. The highest BCUT2D eigenvalue weighted by atomic mass is 19.1. The normalized spacial score (nSPS) is 19.3. The van der Waals surface area contributed by atoms with Gasteiger partial charge in [-0.05, 0) is 49.7 Å². The number of halogens is 1. The second-order valence-corrected chi connectivity index (χ2v) is 13.0. The summed E-state index contributed by atoms with van der Waals surface area (Å²) in [5, 5.41) is 15.6. The Balaban J connectivity index is 1.03. The number of nitrogens with one attached hydrogen (secondary N) is 2. The number of likely N-dealkylation sites (N-methyl/N-ethyl adjacent to an activating group) is 1. The number of urea groups is 1. The number of hydrogen-bond acceptors (Lipinski definition) is 9. The SMILES string of the molecule is CN1CCN(C(=O)Nc2ccc(C[C@H](NC(=O)C3CCCN(c4ncnc(N5CCN(c6ccccc6)CC5)c4F)C3)C(=O)O)cc2)CC1. The van der Waals surface area contributed by atoms with Crippen molar-refractivity contribution < 1.29 is 23.9 Å². The minimum absolute atomic E-state index is 0.0750. The van der Waals surface area contributed by atoms with Gasteiger partial charge in [0.25, 0.3) is 0 Å². The van der Waals surface area contributed by atoms with Gasteiger partial charge in [0.15, 0.2) is 11.6 Å². The lowest BCUT2D eigenvalue weighted by Gasteiger charge is -2.37. The maximum Gasteiger partial charge on any atom is 0.326 e. The molecule has 0 saturated carbocycles. The second kappa shape index (κ2) is 15.5. The molecule has 3 aliphatic heterocycles. The molecule has 0 spiro atoms. The van der Waals surface area contributed by atoms with Crippen molar-refractivity contribution in [2.75, 3.05) is 92.5 Å². The maximum atomic E-state index is 15.9. The van der Waals surface area contributed by atoms with Gasteiger partial charge in [-0.15, -0.1) is 0 Å². The number of benzene rings is 2. The minimum Gasteiger partial charge on any atom is -0.480 e. The lowest BCUT2D eigenvalue weighted by Crippen LogP contribution is -2.49. The molecule has 2 aromatic carbocycles. The molecule has 49 heavy (non-hydrogen) atoms. The van der Waals surface area contributed by atoms with Crippen molar-refractivity contribution in [2.24, 2.45) is 5.92 Å². The average molecular weight is 674 g/mol. The van der Waals surface area contributed by atoms with Crippen LogP contribution in [-0.2, 0) is 16.0 Å². The zero-order chi connectivity index (χ0) is 34.3. The Labute approximate surface area is 285 Å². The molecule has 0 radical (unpaired) electrons. The third-order valence-corrected chi connectivity index (χ3v) is 9.60. The zero-order valence-electron chi connectivity index (χ0n) is 27.8. The van der Waals surface area contributed by atoms with Crippen molar-refractivity contribution in [3.05, 3.63) is 72.3 Å². The standard InChI is InChI=1S/C35H44FN9O4/c1-41-14-16-44(17-15-41)35(49)39-27-11-9-25(10-12-27)22-29(34(47)48)40-33(46)26-6-5-13-45(23-26)32-30(36)31(37-24-38-32)43-20-18-42(19-21-43)28-7-3-2-4-8-28/h2-4,7-12,24,26,29H,5-6,13-23H2,1H3,(H,39,49)(H,40,46)(H,47,48)/t26?,29-/m0/s1. The van der Waals surface area contributed by atoms with Crippen molar-refractivity contribution in [3.8, 4) is 0 Å². The lowest BCUT2D eigenvalue weighted by atomic mass is 9.96. The van der Waals surface area contributed by atoms with Crippen LogP contribution < -0.4 is 25.3 Å². The number of para-hydroxylation sites is 1. The Kier molecular flexibility index (Phi) is 10.7. The molecule has 14 heteroatoms. The molecule has 3 saturated heterocycles. The van der Waals surface area contributed by atoms with Crippen LogP contribution in [0.2, 0.25) is 0 Å². The summed E-state index contributed by atoms with van der Waals surface area (Å²) < 4.78 is 15.9. The average Bonchev–Trinajstić information content (AvgIpc) is 3.13. The molecule has 6 rings (SSSR count). The van der Waals surface area contributed by atoms with Crippen LogP contribution in [0.25, 0.3) is 0 Å². The fourth-order valence-electron chi connectivity index (χ4n) is 6.65. The molecule has 2 atom stereocenters. The van der Waals surface area contributed by atoms with E-state index in [9.17, 15) is 19.5 Å². The highest BCUT2D eigenvalue weighted by molar-refractivity contribution is 5.89. The van der Waals surface area contributed by atoms with Crippen LogP contribution in [0.4, 0.5) is 32.2 Å². The number of carbonyl (C=O) groups excluding carboxylic acids is 2. The van der Waals surface area contributed by atoms with Gasteiger partial charge in [-0.25, -0.2) is 19.6 Å². The highest BCUT2D eigenvalue weighted by Crippen LogP contribution is 2.29. The summed E-state index contributed by atoms with van der Waals surface area (Å²) in [5.74, 6) is -2.17. The molecule has 0 aliphatic carbocycles. The first-order chi connectivity index (χ1) is 23.7. The van der Waals surface area contributed by atoms with E-state index in [1.54, 1.807) is 34.1 Å². The summed E-state index contributed by atoms with van der Waals surface area (Å²) in [6.07, 6.45) is 2.62. The van der Waals surface area contributed by atoms with Crippen LogP contribution in [0.5, 0.6) is 0 Å². The Morgan fingerprint density at radius 1 is 0.857 bits per heavy atom. The topological polar surface area (TPSA) is 137 Å². The van der Waals surface area contributed by atoms with Gasteiger partial charge in [-0.2, -0.15) is 4.39 Å². The number of carbonyl (C=O) groups is 3. The molecular formula is C35H44FN9O4. The summed E-state index contributed by atoms with van der Waals surface area (Å²) in [6.45, 7) is 6.38. The maximum absolute atomic E-state index is 15.9. The van der Waals surface area contributed by atoms with Crippen molar-refractivity contribution in [3.63, 3.8) is 0 Å². The molecule has 260 valence electrons. The molecule has 4 heterocycles. The van der Waals surface area contributed by atoms with Gasteiger partial charge >= 0.3 is 12.0 Å². The minimum atomic E-state index is -1.15. The number of rotatable bonds is 9. The van der Waals surface area contributed by atoms with E-state index >= 15 is 4.39 Å². The number of carboxylic acids is 1. The van der Waals surface area contributed by atoms with Gasteiger partial charge in [0.05, 0.1) is 5.92 Å². The van der Waals surface area contributed by atoms with E-state index in [1.165, 1.54) is 6.33 Å². The second-order valence-electron chi connectivity index (χ2n) is 13.0. The van der Waals surface area contributed by atoms with Gasteiger partial charge in [0.2, 0.25) is 11.7 Å². The van der Waals surface area contributed by atoms with Gasteiger partial charge in [0, 0.05) is 83.2 Å². The molecule has 3 N–H and O–H groups in total. The number of carboxylic acid groups (broad SMARTS) is 1. The van der Waals surface area contributed by atoms with Crippen LogP contribution in [0.3, 0.4) is 0 Å². The number of nitrogens with zero attached hydrogens (tertiary/aromatic N) is 7. The predicted octanol–water partition coefficient (Wildman–Crippen LogP) is 2.75. The first-order valence-corrected chi connectivity index (χ1v) is 16.9. The lowest BCUT2D eigenvalue weighted by molar-refractivity contribution is -0.142. The van der Waals surface area contributed by atoms with E-state index < -0.39 is 23.7 Å². The van der Waals surface area contributed by atoms with E-state index in [0.29, 0.717) is 56.8 Å². The fourth-order valence-corrected chi connectivity index (χ4v) is 6.65. The summed E-state index contributed by atoms with van der Waals surface area (Å²) in [4.78, 5) is 56.6. The summed E-state index contributed by atoms with van der Waals surface area (Å²) >= 11 is 0. The fraction of sp³-hybridized carbons (Fsp3) is 0.457. The molecule has 0 bridgehead atoms. The summed E-state index contributed by atoms with van der Waals surface area (Å²) in [7, 11) is 2.02. The smallest absolute Gasteiger partial charge is 0.326 e. The predicted molar refractivity (Wildman–Crippen MR) is 186 cm³/mol. The van der Waals surface area contributed by atoms with E-state index in [-0.39, 0.29) is 36.5 Å². The van der Waals surface area contributed by atoms with Crippen molar-refractivity contribution in [1.82, 2.24) is 25.1 Å². The van der Waals surface area contributed by atoms with E-state index in [4.69, 9.17) is 0 Å². The molecule has 3 fully saturated rings. The number of anilines is 4. The largest absolute Gasteiger partial charge is 0.480 e. The molecule has 1 aromatic heterocycles. The van der Waals surface area contributed by atoms with Crippen LogP contribution >= 0.6 is 0 Å². The number of amides is 3. The van der Waals surface area contributed by atoms with Crippen LogP contribution in [0.1, 0.15) is 18.4 Å². The zero-order valence-corrected chi connectivity index (χ0v) is 27.8. The first kappa shape index (κ1) is 33.9. The first-order valence-electron chi connectivity index (χ1n) is 16.9. The summed E-state index contributed by atoms with van der Waals surface area (Å²) in [5.41, 5.74) is 2.45. The number of piperidine rings is 1. The molecule has 3 aliphatic rings. The molecule has 13 nitrogen and oxygen atoms in total. The number of aliphatic carboxylic acids is 1. The Morgan fingerprint density at radius 3 is 2.18 bits per heavy atom. The monoisotopic (exact) mass is 673 g/mol. The molecule has 3 aromatic rings. The number of aromatic nitrogens is 2. The Morgan fingerprint density at radius 2 is 1.51 bits per heavy atom. The van der Waals surface area contributed by atoms with E-state index in [2.05, 4.69) is 42.5 Å². The third-order valence-electron chi connectivity index (χ3n) is 9.60. The van der Waals surface area contributed by atoms with Gasteiger partial charge in [0.1, 0.15) is 12.4 Å². The van der Waals surface area contributed by atoms with Crippen molar-refractivity contribution >= 4 is 40.9 Å². The number of piperazine rings is 2. The van der Waals surface area contributed by atoms with Gasteiger partial charge < -0.3 is 40.2 Å². The molecule has 1 unspecified atom stereocenters. The molecule has 3 amide bonds. The Bertz CT molecular complexity index is 1600. The van der Waals surface area contributed by atoms with Crippen molar-refractivity contribution in [2.45, 2.75) is 25.3 Å². The van der Waals surface area contributed by atoms with Crippen LogP contribution in [-0.4, -0.2) is 121 Å². The number of hydrogen-bond donors (Lipinski definition) is 3. The van der Waals surface area contributed by atoms with E-state index in [1.807, 2.05) is 30.1 Å². The van der Waals surface area contributed by atoms with Crippen LogP contribution in [0.15, 0.2) is 60.9 Å².